The predicted octanol–water partition coefficient (Wildman–Crippen LogP) is 3.06. The number of carbonyl (C=O) groups excluding carboxylic acids is 2. The highest BCUT2D eigenvalue weighted by Gasteiger charge is 2.45. The zero-order valence-corrected chi connectivity index (χ0v) is 13.4. The molecule has 2 amide bonds. The highest BCUT2D eigenvalue weighted by Crippen LogP contribution is 2.39. The summed E-state index contributed by atoms with van der Waals surface area (Å²) in [5.41, 5.74) is 4.28. The number of rotatable bonds is 4. The van der Waals surface area contributed by atoms with Crippen LogP contribution < -0.4 is 5.73 Å². The van der Waals surface area contributed by atoms with Gasteiger partial charge in [0, 0.05) is 18.7 Å². The molecule has 1 unspecified atom stereocenters. The molecule has 1 fully saturated rings. The summed E-state index contributed by atoms with van der Waals surface area (Å²) in [4.78, 5) is 25.3. The molecule has 5 nitrogen and oxygen atoms in total. The standard InChI is InChI=1S/C17H20F2N2O3/c1-12(14(18)19)17(15(20)22)8-5-9-21(11-17)16(23)24-10-13-6-3-2-4-7-13/h2-4,6-7H,5,8-11H2,1H3,(H2,20,22). The number of hydrogen-bond donors (Lipinski definition) is 1. The maximum Gasteiger partial charge on any atom is 0.410 e. The second-order valence-corrected chi connectivity index (χ2v) is 5.90. The number of amides is 2. The molecule has 1 aromatic carbocycles. The molecule has 0 aromatic heterocycles. The van der Waals surface area contributed by atoms with E-state index in [1.54, 1.807) is 0 Å². The SMILES string of the molecule is CC(=C(F)F)C1(C(N)=O)CCCN(C(=O)OCc2ccccc2)C1. The van der Waals surface area contributed by atoms with Gasteiger partial charge in [-0.3, -0.25) is 4.79 Å². The van der Waals surface area contributed by atoms with Gasteiger partial charge in [-0.15, -0.1) is 0 Å². The van der Waals surface area contributed by atoms with Crippen LogP contribution in [0.1, 0.15) is 25.3 Å². The van der Waals surface area contributed by atoms with Crippen molar-refractivity contribution in [1.82, 2.24) is 4.90 Å². The lowest BCUT2D eigenvalue weighted by Crippen LogP contribution is -2.53. The summed E-state index contributed by atoms with van der Waals surface area (Å²) >= 11 is 0. The lowest BCUT2D eigenvalue weighted by molar-refractivity contribution is -0.128. The number of hydrogen-bond acceptors (Lipinski definition) is 3. The summed E-state index contributed by atoms with van der Waals surface area (Å²) in [5, 5.41) is 0. The number of primary amides is 1. The Hall–Kier alpha value is -2.44. The lowest BCUT2D eigenvalue weighted by Gasteiger charge is -2.40. The number of nitrogens with two attached hydrogens (primary N) is 1. The van der Waals surface area contributed by atoms with Crippen LogP contribution in [0.2, 0.25) is 0 Å². The summed E-state index contributed by atoms with van der Waals surface area (Å²) in [5.74, 6) is -0.853. The number of benzene rings is 1. The zero-order chi connectivity index (χ0) is 17.7. The van der Waals surface area contributed by atoms with Gasteiger partial charge in [0.15, 0.2) is 0 Å². The predicted molar refractivity (Wildman–Crippen MR) is 84.0 cm³/mol. The maximum absolute atomic E-state index is 13.1. The van der Waals surface area contributed by atoms with Crippen LogP contribution in [0.4, 0.5) is 13.6 Å². The third-order valence-electron chi connectivity index (χ3n) is 4.43. The minimum absolute atomic E-state index is 0.0754. The minimum atomic E-state index is -1.94. The van der Waals surface area contributed by atoms with E-state index in [2.05, 4.69) is 0 Å². The number of nitrogens with zero attached hydrogens (tertiary/aromatic N) is 1. The molecule has 130 valence electrons. The fraction of sp³-hybridized carbons (Fsp3) is 0.412. The third kappa shape index (κ3) is 3.72. The van der Waals surface area contributed by atoms with E-state index < -0.39 is 23.5 Å². The summed E-state index contributed by atoms with van der Waals surface area (Å²) in [6.07, 6.45) is -1.99. The van der Waals surface area contributed by atoms with Gasteiger partial charge < -0.3 is 15.4 Å². The van der Waals surface area contributed by atoms with Crippen molar-refractivity contribution in [2.24, 2.45) is 11.1 Å². The lowest BCUT2D eigenvalue weighted by atomic mass is 9.74. The smallest absolute Gasteiger partial charge is 0.410 e. The van der Waals surface area contributed by atoms with Crippen LogP contribution in [0.15, 0.2) is 42.0 Å². The molecular formula is C17H20F2N2O3. The summed E-state index contributed by atoms with van der Waals surface area (Å²) in [6, 6.07) is 9.10. The molecule has 1 atom stereocenters. The first-order valence-corrected chi connectivity index (χ1v) is 7.65. The number of ether oxygens (including phenoxy) is 1. The van der Waals surface area contributed by atoms with E-state index in [1.807, 2.05) is 30.3 Å². The second-order valence-electron chi connectivity index (χ2n) is 5.90. The first-order chi connectivity index (χ1) is 11.4. The van der Waals surface area contributed by atoms with Crippen molar-refractivity contribution in [3.63, 3.8) is 0 Å². The van der Waals surface area contributed by atoms with E-state index in [-0.39, 0.29) is 25.1 Å². The van der Waals surface area contributed by atoms with Gasteiger partial charge in [-0.2, -0.15) is 8.78 Å². The fourth-order valence-electron chi connectivity index (χ4n) is 2.89. The maximum atomic E-state index is 13.1. The van der Waals surface area contributed by atoms with Gasteiger partial charge in [0.25, 0.3) is 6.08 Å². The first kappa shape index (κ1) is 17.9. The Bertz CT molecular complexity index is 644. The van der Waals surface area contributed by atoms with E-state index in [4.69, 9.17) is 10.5 Å². The van der Waals surface area contributed by atoms with Crippen LogP contribution in [-0.4, -0.2) is 30.0 Å². The van der Waals surface area contributed by atoms with Crippen molar-refractivity contribution in [1.29, 1.82) is 0 Å². The number of carbonyl (C=O) groups is 2. The summed E-state index contributed by atoms with van der Waals surface area (Å²) < 4.78 is 31.3. The topological polar surface area (TPSA) is 72.6 Å². The molecule has 1 aliphatic heterocycles. The Morgan fingerprint density at radius 3 is 2.54 bits per heavy atom. The molecule has 1 heterocycles. The molecule has 7 heteroatoms. The molecule has 2 N–H and O–H groups in total. The van der Waals surface area contributed by atoms with Crippen molar-refractivity contribution in [2.75, 3.05) is 13.1 Å². The van der Waals surface area contributed by atoms with Gasteiger partial charge in [0.05, 0.1) is 5.41 Å². The van der Waals surface area contributed by atoms with Crippen LogP contribution >= 0.6 is 0 Å². The van der Waals surface area contributed by atoms with E-state index in [0.29, 0.717) is 13.0 Å². The number of halogens is 2. The van der Waals surface area contributed by atoms with Crippen molar-refractivity contribution in [2.45, 2.75) is 26.4 Å². The molecule has 0 spiro atoms. The molecule has 2 rings (SSSR count). The van der Waals surface area contributed by atoms with Crippen molar-refractivity contribution >= 4 is 12.0 Å². The van der Waals surface area contributed by atoms with Crippen LogP contribution in [0.25, 0.3) is 0 Å². The normalized spacial score (nSPS) is 20.4. The molecule has 1 saturated heterocycles. The van der Waals surface area contributed by atoms with E-state index in [1.165, 1.54) is 11.8 Å². The van der Waals surface area contributed by atoms with Crippen LogP contribution in [0.5, 0.6) is 0 Å². The molecule has 0 bridgehead atoms. The largest absolute Gasteiger partial charge is 0.445 e. The van der Waals surface area contributed by atoms with Gasteiger partial charge in [0.1, 0.15) is 6.61 Å². The van der Waals surface area contributed by atoms with Crippen LogP contribution in [0, 0.1) is 5.41 Å². The average molecular weight is 338 g/mol. The molecule has 1 aliphatic rings. The first-order valence-electron chi connectivity index (χ1n) is 7.65. The van der Waals surface area contributed by atoms with Crippen molar-refractivity contribution in [3.05, 3.63) is 47.5 Å². The molecular weight excluding hydrogens is 318 g/mol. The van der Waals surface area contributed by atoms with Gasteiger partial charge >= 0.3 is 6.09 Å². The Morgan fingerprint density at radius 1 is 1.29 bits per heavy atom. The average Bonchev–Trinajstić information content (AvgIpc) is 2.59. The summed E-state index contributed by atoms with van der Waals surface area (Å²) in [7, 11) is 0. The highest BCUT2D eigenvalue weighted by molar-refractivity contribution is 5.85. The van der Waals surface area contributed by atoms with Gasteiger partial charge in [0.2, 0.25) is 5.91 Å². The monoisotopic (exact) mass is 338 g/mol. The molecule has 0 aliphatic carbocycles. The van der Waals surface area contributed by atoms with Gasteiger partial charge in [-0.1, -0.05) is 30.3 Å². The Kier molecular flexibility index (Phi) is 5.54. The van der Waals surface area contributed by atoms with Gasteiger partial charge in [-0.05, 0) is 25.3 Å². The molecule has 0 saturated carbocycles. The van der Waals surface area contributed by atoms with Crippen molar-refractivity contribution < 1.29 is 23.1 Å². The summed E-state index contributed by atoms with van der Waals surface area (Å²) in [6.45, 7) is 1.40. The molecule has 24 heavy (non-hydrogen) atoms. The molecule has 0 radical (unpaired) electrons. The van der Waals surface area contributed by atoms with E-state index in [9.17, 15) is 18.4 Å². The quantitative estimate of drug-likeness (QED) is 0.917. The highest BCUT2D eigenvalue weighted by atomic mass is 19.3. The van der Waals surface area contributed by atoms with Gasteiger partial charge in [-0.25, -0.2) is 4.79 Å². The van der Waals surface area contributed by atoms with E-state index >= 15 is 0 Å². The number of piperidine rings is 1. The molecule has 1 aromatic rings. The Morgan fingerprint density at radius 2 is 1.96 bits per heavy atom. The van der Waals surface area contributed by atoms with Crippen LogP contribution in [0.3, 0.4) is 0 Å². The van der Waals surface area contributed by atoms with E-state index in [0.717, 1.165) is 5.56 Å². The van der Waals surface area contributed by atoms with Crippen LogP contribution in [-0.2, 0) is 16.1 Å². The Labute approximate surface area is 139 Å². The second kappa shape index (κ2) is 7.42. The minimum Gasteiger partial charge on any atom is -0.445 e. The van der Waals surface area contributed by atoms with Crippen molar-refractivity contribution in [3.8, 4) is 0 Å². The number of likely N-dealkylation sites (tertiary alicyclic amines) is 1. The zero-order valence-electron chi connectivity index (χ0n) is 13.4. The fourth-order valence-corrected chi connectivity index (χ4v) is 2.89. The third-order valence-corrected chi connectivity index (χ3v) is 4.43. The Balaban J connectivity index is 2.10.